The largest absolute Gasteiger partial charge is 0.490 e. The molecule has 18 heteroatoms. The number of likely N-dealkylation sites (tertiary alicyclic amines) is 1. The first-order valence-electron chi connectivity index (χ1n) is 23.1. The van der Waals surface area contributed by atoms with E-state index in [0.717, 1.165) is 112 Å². The maximum atomic E-state index is 14.7. The molecule has 66 heavy (non-hydrogen) atoms. The standard InChI is InChI=1S/C48H53ClF2N12O3/c1-29(64)60-19-15-43-40(28-60)47(62-16-3-4-30-20-38(32-24-53-58(2)25-32)39(46(50)51)22-44(30)62)57-63(43)34-13-17-59(18-14-34)35-26-61(27-35)45-12-11-42(55-56-45)48(65)54-33-6-9-36(10-7-33)66-37-8-5-31(23-52)41(49)21-37/h5,8,11-12,20-22,24-25,33-36,46H,3-4,6-7,9-10,13-19,26-28H2,1-2H3,(H,54,65). The van der Waals surface area contributed by atoms with E-state index in [1.807, 2.05) is 17.0 Å². The van der Waals surface area contributed by atoms with E-state index in [4.69, 9.17) is 26.7 Å². The van der Waals surface area contributed by atoms with Crippen LogP contribution in [0.25, 0.3) is 11.1 Å². The number of fused-ring (bicyclic) bond motifs is 2. The topological polar surface area (TPSA) is 154 Å². The molecule has 344 valence electrons. The van der Waals surface area contributed by atoms with Crippen LogP contribution >= 0.6 is 11.6 Å². The molecule has 2 amide bonds. The van der Waals surface area contributed by atoms with Gasteiger partial charge in [-0.25, -0.2) is 8.78 Å². The highest BCUT2D eigenvalue weighted by Gasteiger charge is 2.38. The summed E-state index contributed by atoms with van der Waals surface area (Å²) >= 11 is 6.17. The fourth-order valence-electron chi connectivity index (χ4n) is 10.5. The number of ether oxygens (including phenoxy) is 1. The maximum Gasteiger partial charge on any atom is 0.272 e. The number of hydrogen-bond acceptors (Lipinski definition) is 11. The minimum Gasteiger partial charge on any atom is -0.490 e. The monoisotopic (exact) mass is 918 g/mol. The minimum atomic E-state index is -2.66. The van der Waals surface area contributed by atoms with Crippen molar-refractivity contribution in [3.8, 4) is 22.9 Å². The van der Waals surface area contributed by atoms with Crippen LogP contribution in [0.15, 0.2) is 54.9 Å². The molecule has 0 spiro atoms. The van der Waals surface area contributed by atoms with Gasteiger partial charge in [-0.05, 0) is 98.9 Å². The number of rotatable bonds is 10. The van der Waals surface area contributed by atoms with Crippen molar-refractivity contribution in [3.05, 3.63) is 93.5 Å². The first-order valence-corrected chi connectivity index (χ1v) is 23.4. The number of nitrogens with zero attached hydrogens (tertiary/aromatic N) is 11. The number of anilines is 3. The minimum absolute atomic E-state index is 0.0102. The van der Waals surface area contributed by atoms with Crippen molar-refractivity contribution in [2.45, 2.75) is 102 Å². The number of aromatic nitrogens is 6. The van der Waals surface area contributed by atoms with E-state index in [-0.39, 0.29) is 35.6 Å². The molecule has 7 heterocycles. The Kier molecular flexibility index (Phi) is 12.1. The molecule has 2 aromatic carbocycles. The van der Waals surface area contributed by atoms with Crippen LogP contribution < -0.4 is 19.9 Å². The summed E-state index contributed by atoms with van der Waals surface area (Å²) in [5, 5.41) is 30.9. The van der Waals surface area contributed by atoms with Gasteiger partial charge < -0.3 is 24.8 Å². The van der Waals surface area contributed by atoms with Gasteiger partial charge in [0.05, 0.1) is 35.5 Å². The third-order valence-corrected chi connectivity index (χ3v) is 14.5. The Hall–Kier alpha value is -6.12. The quantitative estimate of drug-likeness (QED) is 0.152. The highest BCUT2D eigenvalue weighted by Crippen LogP contribution is 2.44. The van der Waals surface area contributed by atoms with Crippen LogP contribution in [0.2, 0.25) is 5.02 Å². The first-order chi connectivity index (χ1) is 32.0. The van der Waals surface area contributed by atoms with Gasteiger partial charge in [-0.15, -0.1) is 10.2 Å². The highest BCUT2D eigenvalue weighted by molar-refractivity contribution is 6.31. The first kappa shape index (κ1) is 43.8. The molecule has 3 fully saturated rings. The van der Waals surface area contributed by atoms with E-state index in [1.54, 1.807) is 61.4 Å². The molecule has 3 aromatic heterocycles. The second-order valence-electron chi connectivity index (χ2n) is 18.3. The van der Waals surface area contributed by atoms with Crippen molar-refractivity contribution in [1.82, 2.24) is 44.9 Å². The van der Waals surface area contributed by atoms with Gasteiger partial charge in [-0.2, -0.15) is 15.5 Å². The molecule has 1 saturated carbocycles. The lowest BCUT2D eigenvalue weighted by Gasteiger charge is -2.48. The van der Waals surface area contributed by atoms with Crippen molar-refractivity contribution in [2.75, 3.05) is 49.1 Å². The molecule has 0 atom stereocenters. The van der Waals surface area contributed by atoms with Gasteiger partial charge in [0.25, 0.3) is 12.3 Å². The Bertz CT molecular complexity index is 2660. The Labute approximate surface area is 387 Å². The summed E-state index contributed by atoms with van der Waals surface area (Å²) < 4.78 is 39.4. The number of nitrogens with one attached hydrogen (secondary N) is 1. The van der Waals surface area contributed by atoms with Crippen LogP contribution in [0.3, 0.4) is 0 Å². The normalized spacial score (nSPS) is 20.4. The zero-order valence-corrected chi connectivity index (χ0v) is 37.9. The summed E-state index contributed by atoms with van der Waals surface area (Å²) in [6.45, 7) is 6.79. The number of carbonyl (C=O) groups excluding carboxylic acids is 2. The van der Waals surface area contributed by atoms with Gasteiger partial charge in [0, 0.05) is 112 Å². The van der Waals surface area contributed by atoms with Crippen LogP contribution in [0.4, 0.5) is 26.1 Å². The molecule has 5 aliphatic rings. The van der Waals surface area contributed by atoms with Crippen molar-refractivity contribution in [3.63, 3.8) is 0 Å². The van der Waals surface area contributed by atoms with Gasteiger partial charge in [0.15, 0.2) is 17.3 Å². The number of benzene rings is 2. The molecular formula is C48H53ClF2N12O3. The number of nitriles is 1. The van der Waals surface area contributed by atoms with Crippen LogP contribution in [0, 0.1) is 11.3 Å². The van der Waals surface area contributed by atoms with Crippen molar-refractivity contribution in [2.24, 2.45) is 7.05 Å². The Morgan fingerprint density at radius 1 is 0.955 bits per heavy atom. The molecular weight excluding hydrogens is 866 g/mol. The summed E-state index contributed by atoms with van der Waals surface area (Å²) in [4.78, 5) is 34.5. The maximum absolute atomic E-state index is 14.7. The second-order valence-corrected chi connectivity index (χ2v) is 18.7. The second kappa shape index (κ2) is 18.3. The van der Waals surface area contributed by atoms with Crippen molar-refractivity contribution in [1.29, 1.82) is 5.26 Å². The molecule has 0 radical (unpaired) electrons. The number of hydrogen-bond donors (Lipinski definition) is 1. The van der Waals surface area contributed by atoms with E-state index in [9.17, 15) is 18.4 Å². The van der Waals surface area contributed by atoms with Crippen LogP contribution in [-0.4, -0.2) is 109 Å². The third-order valence-electron chi connectivity index (χ3n) is 14.2. The molecule has 1 N–H and O–H groups in total. The van der Waals surface area contributed by atoms with Crippen LogP contribution in [0.1, 0.15) is 103 Å². The number of halogens is 3. The molecule has 5 aromatic rings. The number of aryl methyl sites for hydroxylation is 2. The number of alkyl halides is 2. The van der Waals surface area contributed by atoms with E-state index >= 15 is 0 Å². The Balaban J connectivity index is 0.751. The lowest BCUT2D eigenvalue weighted by atomic mass is 9.92. The smallest absolute Gasteiger partial charge is 0.272 e. The van der Waals surface area contributed by atoms with E-state index in [0.29, 0.717) is 65.3 Å². The summed E-state index contributed by atoms with van der Waals surface area (Å²) in [6, 6.07) is 14.9. The lowest BCUT2D eigenvalue weighted by molar-refractivity contribution is -0.129. The summed E-state index contributed by atoms with van der Waals surface area (Å²) in [5.74, 6) is 1.94. The van der Waals surface area contributed by atoms with Crippen LogP contribution in [-0.2, 0) is 31.2 Å². The SMILES string of the molecule is CC(=O)N1CCc2c(c(N3CCCc4cc(-c5cnn(C)c5)c(C(F)F)cc43)nn2C2CCN(C3CN(c4ccc(C(=O)NC5CCC(Oc6ccc(C#N)c(Cl)c6)CC5)nn4)C3)CC2)C1. The fourth-order valence-corrected chi connectivity index (χ4v) is 10.7. The Morgan fingerprint density at radius 3 is 2.44 bits per heavy atom. The van der Waals surface area contributed by atoms with Gasteiger partial charge in [-0.1, -0.05) is 11.6 Å². The average Bonchev–Trinajstić information content (AvgIpc) is 3.92. The lowest BCUT2D eigenvalue weighted by Crippen LogP contribution is -2.61. The molecule has 2 saturated heterocycles. The molecule has 15 nitrogen and oxygen atoms in total. The zero-order chi connectivity index (χ0) is 45.6. The van der Waals surface area contributed by atoms with Gasteiger partial charge >= 0.3 is 0 Å². The van der Waals surface area contributed by atoms with Gasteiger partial charge in [0.1, 0.15) is 11.8 Å². The highest BCUT2D eigenvalue weighted by atomic mass is 35.5. The van der Waals surface area contributed by atoms with E-state index in [2.05, 4.69) is 46.1 Å². The van der Waals surface area contributed by atoms with Crippen LogP contribution in [0.5, 0.6) is 5.75 Å². The fraction of sp³-hybridized carbons (Fsp3) is 0.479. The predicted molar refractivity (Wildman–Crippen MR) is 244 cm³/mol. The molecule has 0 unspecified atom stereocenters. The average molecular weight is 919 g/mol. The van der Waals surface area contributed by atoms with Gasteiger partial charge in [0.2, 0.25) is 5.91 Å². The summed E-state index contributed by atoms with van der Waals surface area (Å²) in [7, 11) is 1.78. The molecule has 4 aliphatic heterocycles. The number of amides is 2. The zero-order valence-electron chi connectivity index (χ0n) is 37.2. The van der Waals surface area contributed by atoms with Crippen molar-refractivity contribution < 1.29 is 23.1 Å². The summed E-state index contributed by atoms with van der Waals surface area (Å²) in [5.41, 5.74) is 5.79. The molecule has 0 bridgehead atoms. The predicted octanol–water partition coefficient (Wildman–Crippen LogP) is 7.17. The van der Waals surface area contributed by atoms with Crippen molar-refractivity contribution >= 4 is 40.7 Å². The summed E-state index contributed by atoms with van der Waals surface area (Å²) in [6.07, 6.45) is 8.04. The molecule has 1 aliphatic carbocycles. The number of carbonyl (C=O) groups is 2. The Morgan fingerprint density at radius 2 is 1.76 bits per heavy atom. The van der Waals surface area contributed by atoms with E-state index < -0.39 is 6.43 Å². The van der Waals surface area contributed by atoms with E-state index in [1.165, 1.54) is 0 Å². The third kappa shape index (κ3) is 8.68. The number of piperidine rings is 1. The van der Waals surface area contributed by atoms with Gasteiger partial charge in [-0.3, -0.25) is 23.9 Å². The molecule has 10 rings (SSSR count).